The minimum Gasteiger partial charge on any atom is -0.456 e. The summed E-state index contributed by atoms with van der Waals surface area (Å²) in [5.41, 5.74) is 16.8. The van der Waals surface area contributed by atoms with E-state index < -0.39 is 0 Å². The van der Waals surface area contributed by atoms with Crippen molar-refractivity contribution in [3.63, 3.8) is 0 Å². The molecule has 0 spiro atoms. The molecule has 0 amide bonds. The van der Waals surface area contributed by atoms with Crippen LogP contribution in [0.15, 0.2) is 235 Å². The number of hydrogen-bond donors (Lipinski definition) is 0. The monoisotopic (exact) mass is 778 g/mol. The van der Waals surface area contributed by atoms with Crippen LogP contribution in [0.2, 0.25) is 0 Å². The lowest BCUT2D eigenvalue weighted by molar-refractivity contribution is 0.669. The molecule has 0 atom stereocenters. The van der Waals surface area contributed by atoms with Gasteiger partial charge >= 0.3 is 0 Å². The van der Waals surface area contributed by atoms with Crippen LogP contribution in [0.3, 0.4) is 0 Å². The summed E-state index contributed by atoms with van der Waals surface area (Å²) in [6.45, 7) is 0. The second-order valence-corrected chi connectivity index (χ2v) is 15.7. The maximum absolute atomic E-state index is 6.41. The molecule has 12 aromatic rings. The zero-order chi connectivity index (χ0) is 40.3. The molecule has 0 aliphatic heterocycles. The van der Waals surface area contributed by atoms with Gasteiger partial charge in [0.2, 0.25) is 0 Å². The maximum Gasteiger partial charge on any atom is 0.136 e. The van der Waals surface area contributed by atoms with Crippen LogP contribution in [0.4, 0.5) is 17.1 Å². The summed E-state index contributed by atoms with van der Waals surface area (Å²) >= 11 is 0. The molecule has 0 unspecified atom stereocenters. The van der Waals surface area contributed by atoms with Crippen molar-refractivity contribution in [1.29, 1.82) is 0 Å². The van der Waals surface area contributed by atoms with Crippen LogP contribution in [0, 0.1) is 0 Å². The minimum atomic E-state index is 0.896. The number of aromatic nitrogens is 1. The fourth-order valence-electron chi connectivity index (χ4n) is 9.30. The van der Waals surface area contributed by atoms with Gasteiger partial charge in [-0.05, 0) is 105 Å². The first-order valence-electron chi connectivity index (χ1n) is 20.8. The Morgan fingerprint density at radius 1 is 0.311 bits per heavy atom. The van der Waals surface area contributed by atoms with E-state index in [1.165, 1.54) is 49.5 Å². The SMILES string of the molecule is c1ccc(-c2ccc(N(c3ccc(-c4ccccc4)cc3)c3ccc(-c4c5ccccc5cc5c(-c6ccc7c(c6)oc6ccccc67)c6ccccc6n45)cc3)cc2)cc1. The average Bonchev–Trinajstić information content (AvgIpc) is 3.87. The number of hydrogen-bond acceptors (Lipinski definition) is 2. The first kappa shape index (κ1) is 34.9. The molecule has 3 nitrogen and oxygen atoms in total. The van der Waals surface area contributed by atoms with Gasteiger partial charge in [0.05, 0.1) is 16.7 Å². The highest BCUT2D eigenvalue weighted by Crippen LogP contribution is 2.44. The Bertz CT molecular complexity index is 3460. The molecule has 61 heavy (non-hydrogen) atoms. The topological polar surface area (TPSA) is 20.8 Å². The van der Waals surface area contributed by atoms with Gasteiger partial charge < -0.3 is 13.7 Å². The van der Waals surface area contributed by atoms with Gasteiger partial charge in [-0.25, -0.2) is 0 Å². The van der Waals surface area contributed by atoms with Crippen molar-refractivity contribution in [3.05, 3.63) is 231 Å². The third kappa shape index (κ3) is 5.90. The molecule has 0 saturated heterocycles. The van der Waals surface area contributed by atoms with Crippen molar-refractivity contribution in [1.82, 2.24) is 4.40 Å². The third-order valence-electron chi connectivity index (χ3n) is 12.2. The molecular weight excluding hydrogens is 741 g/mol. The Balaban J connectivity index is 1.02. The molecule has 3 heterocycles. The Labute approximate surface area is 353 Å². The first-order valence-corrected chi connectivity index (χ1v) is 20.8. The number of benzene rings is 9. The summed E-state index contributed by atoms with van der Waals surface area (Å²) in [6, 6.07) is 82.9. The van der Waals surface area contributed by atoms with Gasteiger partial charge in [-0.15, -0.1) is 0 Å². The van der Waals surface area contributed by atoms with Crippen LogP contribution in [-0.4, -0.2) is 4.40 Å². The van der Waals surface area contributed by atoms with E-state index in [1.54, 1.807) is 0 Å². The van der Waals surface area contributed by atoms with Crippen LogP contribution in [-0.2, 0) is 0 Å². The lowest BCUT2D eigenvalue weighted by atomic mass is 9.99. The van der Waals surface area contributed by atoms with Crippen LogP contribution < -0.4 is 4.90 Å². The molecule has 0 N–H and O–H groups in total. The average molecular weight is 779 g/mol. The number of nitrogens with zero attached hydrogens (tertiary/aromatic N) is 2. The number of fused-ring (bicyclic) bond motifs is 7. The molecule has 0 bridgehead atoms. The Hall–Kier alpha value is -8.14. The number of anilines is 3. The fourth-order valence-corrected chi connectivity index (χ4v) is 9.30. The molecule has 9 aromatic carbocycles. The Morgan fingerprint density at radius 2 is 0.787 bits per heavy atom. The van der Waals surface area contributed by atoms with Gasteiger partial charge in [0.25, 0.3) is 0 Å². The molecular formula is C58H38N2O. The molecule has 286 valence electrons. The highest BCUT2D eigenvalue weighted by molar-refractivity contribution is 6.13. The molecule has 3 aromatic heterocycles. The molecule has 12 rings (SSSR count). The van der Waals surface area contributed by atoms with E-state index in [2.05, 4.69) is 228 Å². The van der Waals surface area contributed by atoms with E-state index in [0.717, 1.165) is 61.3 Å². The van der Waals surface area contributed by atoms with Gasteiger partial charge in [0, 0.05) is 44.2 Å². The quantitative estimate of drug-likeness (QED) is 0.161. The largest absolute Gasteiger partial charge is 0.456 e. The lowest BCUT2D eigenvalue weighted by Crippen LogP contribution is -2.10. The van der Waals surface area contributed by atoms with Crippen molar-refractivity contribution in [2.24, 2.45) is 0 Å². The van der Waals surface area contributed by atoms with Crippen molar-refractivity contribution in [2.75, 3.05) is 4.90 Å². The second kappa shape index (κ2) is 14.3. The summed E-state index contributed by atoms with van der Waals surface area (Å²) in [5, 5.41) is 5.87. The maximum atomic E-state index is 6.41. The van der Waals surface area contributed by atoms with Crippen molar-refractivity contribution >= 4 is 66.2 Å². The standard InChI is InChI=1S/C58H38N2O/c1-3-13-39(14-4-1)41-23-30-46(31-24-41)59(47-32-25-42(26-33-47)40-15-5-2-6-16-40)48-34-27-43(28-35-48)58-49-18-8-7-17-44(49)37-54-57(52-20-9-11-21-53(52)60(54)58)45-29-36-51-50-19-10-12-22-55(50)61-56(51)38-45/h1-38H. The Kier molecular flexibility index (Phi) is 8.17. The molecule has 0 fully saturated rings. The molecule has 0 radical (unpaired) electrons. The normalized spacial score (nSPS) is 11.6. The van der Waals surface area contributed by atoms with Gasteiger partial charge in [0.15, 0.2) is 0 Å². The zero-order valence-corrected chi connectivity index (χ0v) is 33.2. The van der Waals surface area contributed by atoms with E-state index in [1.807, 2.05) is 12.1 Å². The van der Waals surface area contributed by atoms with Crippen LogP contribution >= 0.6 is 0 Å². The summed E-state index contributed by atoms with van der Waals surface area (Å²) in [4.78, 5) is 2.35. The second-order valence-electron chi connectivity index (χ2n) is 15.7. The summed E-state index contributed by atoms with van der Waals surface area (Å²) < 4.78 is 8.88. The van der Waals surface area contributed by atoms with Gasteiger partial charge in [-0.3, -0.25) is 0 Å². The highest BCUT2D eigenvalue weighted by Gasteiger charge is 2.21. The van der Waals surface area contributed by atoms with E-state index in [0.29, 0.717) is 0 Å². The fraction of sp³-hybridized carbons (Fsp3) is 0. The summed E-state index contributed by atoms with van der Waals surface area (Å²) in [6.07, 6.45) is 0. The van der Waals surface area contributed by atoms with E-state index in [-0.39, 0.29) is 0 Å². The molecule has 0 aliphatic rings. The van der Waals surface area contributed by atoms with Gasteiger partial charge in [0.1, 0.15) is 11.2 Å². The zero-order valence-electron chi connectivity index (χ0n) is 33.2. The van der Waals surface area contributed by atoms with Gasteiger partial charge in [-0.1, -0.05) is 164 Å². The van der Waals surface area contributed by atoms with Crippen molar-refractivity contribution in [2.45, 2.75) is 0 Å². The predicted octanol–water partition coefficient (Wildman–Crippen LogP) is 16.3. The van der Waals surface area contributed by atoms with Crippen LogP contribution in [0.1, 0.15) is 0 Å². The van der Waals surface area contributed by atoms with E-state index in [4.69, 9.17) is 4.42 Å². The number of para-hydroxylation sites is 2. The summed E-state index contributed by atoms with van der Waals surface area (Å²) in [7, 11) is 0. The van der Waals surface area contributed by atoms with Crippen molar-refractivity contribution < 1.29 is 4.42 Å². The van der Waals surface area contributed by atoms with Crippen LogP contribution in [0.25, 0.3) is 93.8 Å². The Morgan fingerprint density at radius 3 is 1.43 bits per heavy atom. The molecule has 0 saturated carbocycles. The van der Waals surface area contributed by atoms with E-state index in [9.17, 15) is 0 Å². The number of furan rings is 1. The van der Waals surface area contributed by atoms with Crippen molar-refractivity contribution in [3.8, 4) is 44.6 Å². The van der Waals surface area contributed by atoms with Crippen LogP contribution in [0.5, 0.6) is 0 Å². The van der Waals surface area contributed by atoms with Gasteiger partial charge in [-0.2, -0.15) is 0 Å². The molecule has 3 heteroatoms. The highest BCUT2D eigenvalue weighted by atomic mass is 16.3. The lowest BCUT2D eigenvalue weighted by Gasteiger charge is -2.26. The third-order valence-corrected chi connectivity index (χ3v) is 12.2. The summed E-state index contributed by atoms with van der Waals surface area (Å²) in [5.74, 6) is 0. The minimum absolute atomic E-state index is 0.896. The van der Waals surface area contributed by atoms with E-state index >= 15 is 0 Å². The predicted molar refractivity (Wildman–Crippen MR) is 256 cm³/mol. The first-order chi connectivity index (χ1) is 30.2. The number of pyridine rings is 1. The smallest absolute Gasteiger partial charge is 0.136 e. The molecule has 0 aliphatic carbocycles. The number of rotatable bonds is 7.